The Kier molecular flexibility index (Phi) is 4.87. The standard InChI is InChI=1S/C17H27NO/c1-12-9-13(2)11-15(10-12)18-14(3)16-7-5-6-8-17(16)19-4/h5-8,12-15,18H,9-11H2,1-4H3/t12?,13?,14-,15?/m1/s1. The van der Waals surface area contributed by atoms with Crippen LogP contribution in [-0.2, 0) is 0 Å². The third-order valence-corrected chi connectivity index (χ3v) is 4.27. The number of methoxy groups -OCH3 is 1. The molecule has 0 heterocycles. The normalized spacial score (nSPS) is 28.9. The Bertz CT molecular complexity index is 394. The molecule has 0 saturated heterocycles. The van der Waals surface area contributed by atoms with Crippen molar-refractivity contribution >= 4 is 0 Å². The Balaban J connectivity index is 2.02. The van der Waals surface area contributed by atoms with Crippen LogP contribution >= 0.6 is 0 Å². The lowest BCUT2D eigenvalue weighted by atomic mass is 9.80. The van der Waals surface area contributed by atoms with Gasteiger partial charge in [0, 0.05) is 17.6 Å². The summed E-state index contributed by atoms with van der Waals surface area (Å²) in [5.41, 5.74) is 1.26. The Morgan fingerprint density at radius 2 is 1.74 bits per heavy atom. The first kappa shape index (κ1) is 14.4. The molecule has 1 N–H and O–H groups in total. The summed E-state index contributed by atoms with van der Waals surface area (Å²) in [5, 5.41) is 3.79. The molecule has 1 saturated carbocycles. The molecular weight excluding hydrogens is 234 g/mol. The average molecular weight is 261 g/mol. The Labute approximate surface area is 117 Å². The molecule has 2 rings (SSSR count). The van der Waals surface area contributed by atoms with Crippen LogP contribution in [0.1, 0.15) is 51.6 Å². The molecule has 2 heteroatoms. The maximum Gasteiger partial charge on any atom is 0.123 e. The van der Waals surface area contributed by atoms with Crippen LogP contribution in [-0.4, -0.2) is 13.2 Å². The minimum absolute atomic E-state index is 0.346. The molecule has 2 nitrogen and oxygen atoms in total. The van der Waals surface area contributed by atoms with E-state index in [1.54, 1.807) is 7.11 Å². The molecule has 1 fully saturated rings. The zero-order valence-electron chi connectivity index (χ0n) is 12.6. The lowest BCUT2D eigenvalue weighted by Gasteiger charge is -2.34. The van der Waals surface area contributed by atoms with Crippen molar-refractivity contribution in [2.75, 3.05) is 7.11 Å². The highest BCUT2D eigenvalue weighted by atomic mass is 16.5. The van der Waals surface area contributed by atoms with E-state index in [1.165, 1.54) is 24.8 Å². The van der Waals surface area contributed by atoms with Crippen LogP contribution in [0.3, 0.4) is 0 Å². The highest BCUT2D eigenvalue weighted by molar-refractivity contribution is 5.35. The molecule has 0 amide bonds. The Morgan fingerprint density at radius 1 is 1.11 bits per heavy atom. The lowest BCUT2D eigenvalue weighted by molar-refractivity contribution is 0.227. The van der Waals surface area contributed by atoms with Crippen molar-refractivity contribution in [3.05, 3.63) is 29.8 Å². The van der Waals surface area contributed by atoms with Gasteiger partial charge in [-0.2, -0.15) is 0 Å². The van der Waals surface area contributed by atoms with Gasteiger partial charge in [-0.1, -0.05) is 32.0 Å². The molecule has 0 radical (unpaired) electrons. The number of benzene rings is 1. The van der Waals surface area contributed by atoms with E-state index >= 15 is 0 Å². The van der Waals surface area contributed by atoms with Gasteiger partial charge >= 0.3 is 0 Å². The zero-order chi connectivity index (χ0) is 13.8. The molecule has 19 heavy (non-hydrogen) atoms. The summed E-state index contributed by atoms with van der Waals surface area (Å²) in [6.45, 7) is 6.98. The Morgan fingerprint density at radius 3 is 2.37 bits per heavy atom. The topological polar surface area (TPSA) is 21.3 Å². The molecule has 1 aromatic carbocycles. The molecule has 1 aromatic rings. The highest BCUT2D eigenvalue weighted by Crippen LogP contribution is 2.31. The monoisotopic (exact) mass is 261 g/mol. The van der Waals surface area contributed by atoms with Crippen molar-refractivity contribution in [1.29, 1.82) is 0 Å². The van der Waals surface area contributed by atoms with Gasteiger partial charge in [-0.05, 0) is 44.1 Å². The second-order valence-corrected chi connectivity index (χ2v) is 6.24. The molecule has 0 aromatic heterocycles. The second kappa shape index (κ2) is 6.42. The van der Waals surface area contributed by atoms with E-state index < -0.39 is 0 Å². The van der Waals surface area contributed by atoms with Crippen molar-refractivity contribution in [3.8, 4) is 5.75 Å². The highest BCUT2D eigenvalue weighted by Gasteiger charge is 2.25. The molecule has 0 spiro atoms. The van der Waals surface area contributed by atoms with E-state index in [1.807, 2.05) is 12.1 Å². The van der Waals surface area contributed by atoms with Gasteiger partial charge in [0.25, 0.3) is 0 Å². The van der Waals surface area contributed by atoms with Gasteiger partial charge in [0.15, 0.2) is 0 Å². The van der Waals surface area contributed by atoms with Crippen LogP contribution in [0, 0.1) is 11.8 Å². The van der Waals surface area contributed by atoms with Crippen molar-refractivity contribution in [1.82, 2.24) is 5.32 Å². The summed E-state index contributed by atoms with van der Waals surface area (Å²) in [7, 11) is 1.75. The van der Waals surface area contributed by atoms with Crippen LogP contribution in [0.5, 0.6) is 5.75 Å². The summed E-state index contributed by atoms with van der Waals surface area (Å²) >= 11 is 0. The van der Waals surface area contributed by atoms with Crippen LogP contribution in [0.25, 0.3) is 0 Å². The summed E-state index contributed by atoms with van der Waals surface area (Å²) in [6, 6.07) is 9.30. The molecule has 3 atom stereocenters. The minimum atomic E-state index is 0.346. The van der Waals surface area contributed by atoms with Gasteiger partial charge in [0.1, 0.15) is 5.75 Å². The molecule has 1 aliphatic carbocycles. The SMILES string of the molecule is COc1ccccc1[C@@H](C)NC1CC(C)CC(C)C1. The van der Waals surface area contributed by atoms with Gasteiger partial charge in [0.05, 0.1) is 7.11 Å². The molecular formula is C17H27NO. The maximum absolute atomic E-state index is 5.46. The molecule has 0 aliphatic heterocycles. The van der Waals surface area contributed by atoms with E-state index in [-0.39, 0.29) is 0 Å². The molecule has 2 unspecified atom stereocenters. The first-order chi connectivity index (χ1) is 9.10. The van der Waals surface area contributed by atoms with Crippen LogP contribution < -0.4 is 10.1 Å². The largest absolute Gasteiger partial charge is 0.496 e. The summed E-state index contributed by atoms with van der Waals surface area (Å²) < 4.78 is 5.46. The van der Waals surface area contributed by atoms with Crippen LogP contribution in [0.15, 0.2) is 24.3 Å². The van der Waals surface area contributed by atoms with Gasteiger partial charge < -0.3 is 10.1 Å². The van der Waals surface area contributed by atoms with E-state index in [4.69, 9.17) is 4.74 Å². The average Bonchev–Trinajstić information content (AvgIpc) is 2.37. The summed E-state index contributed by atoms with van der Waals surface area (Å²) in [6.07, 6.45) is 3.97. The molecule has 106 valence electrons. The number of ether oxygens (including phenoxy) is 1. The number of hydrogen-bond acceptors (Lipinski definition) is 2. The van der Waals surface area contributed by atoms with Gasteiger partial charge in [-0.15, -0.1) is 0 Å². The maximum atomic E-state index is 5.46. The lowest BCUT2D eigenvalue weighted by Crippen LogP contribution is -2.37. The zero-order valence-corrected chi connectivity index (χ0v) is 12.6. The Hall–Kier alpha value is -1.02. The predicted octanol–water partition coefficient (Wildman–Crippen LogP) is 4.17. The first-order valence-electron chi connectivity index (χ1n) is 7.49. The fraction of sp³-hybridized carbons (Fsp3) is 0.647. The van der Waals surface area contributed by atoms with Crippen molar-refractivity contribution < 1.29 is 4.74 Å². The minimum Gasteiger partial charge on any atom is -0.496 e. The van der Waals surface area contributed by atoms with Crippen LogP contribution in [0.2, 0.25) is 0 Å². The number of rotatable bonds is 4. The van der Waals surface area contributed by atoms with E-state index in [2.05, 4.69) is 38.2 Å². The van der Waals surface area contributed by atoms with E-state index in [0.29, 0.717) is 12.1 Å². The van der Waals surface area contributed by atoms with Crippen molar-refractivity contribution in [2.24, 2.45) is 11.8 Å². The first-order valence-corrected chi connectivity index (χ1v) is 7.49. The van der Waals surface area contributed by atoms with Gasteiger partial charge in [-0.3, -0.25) is 0 Å². The smallest absolute Gasteiger partial charge is 0.123 e. The van der Waals surface area contributed by atoms with Crippen molar-refractivity contribution in [2.45, 2.75) is 52.1 Å². The summed E-state index contributed by atoms with van der Waals surface area (Å²) in [5.74, 6) is 2.66. The van der Waals surface area contributed by atoms with Crippen molar-refractivity contribution in [3.63, 3.8) is 0 Å². The number of para-hydroxylation sites is 1. The van der Waals surface area contributed by atoms with E-state index in [0.717, 1.165) is 17.6 Å². The number of nitrogens with one attached hydrogen (secondary N) is 1. The third kappa shape index (κ3) is 3.73. The predicted molar refractivity (Wildman–Crippen MR) is 80.5 cm³/mol. The fourth-order valence-electron chi connectivity index (χ4n) is 3.55. The second-order valence-electron chi connectivity index (χ2n) is 6.24. The molecule has 1 aliphatic rings. The summed E-state index contributed by atoms with van der Waals surface area (Å²) in [4.78, 5) is 0. The van der Waals surface area contributed by atoms with Gasteiger partial charge in [0.2, 0.25) is 0 Å². The molecule has 0 bridgehead atoms. The number of hydrogen-bond donors (Lipinski definition) is 1. The van der Waals surface area contributed by atoms with Gasteiger partial charge in [-0.25, -0.2) is 0 Å². The van der Waals surface area contributed by atoms with Crippen LogP contribution in [0.4, 0.5) is 0 Å². The fourth-order valence-corrected chi connectivity index (χ4v) is 3.55. The third-order valence-electron chi connectivity index (χ3n) is 4.27. The van der Waals surface area contributed by atoms with E-state index in [9.17, 15) is 0 Å². The quantitative estimate of drug-likeness (QED) is 0.878.